The van der Waals surface area contributed by atoms with Crippen molar-refractivity contribution in [1.29, 1.82) is 0 Å². The number of aromatic hydroxyl groups is 1. The quantitative estimate of drug-likeness (QED) is 0.430. The van der Waals surface area contributed by atoms with Gasteiger partial charge in [0.05, 0.1) is 5.69 Å². The Labute approximate surface area is 171 Å². The molecule has 0 bridgehead atoms. The third-order valence-corrected chi connectivity index (χ3v) is 5.37. The molecule has 0 saturated heterocycles. The molecule has 4 nitrogen and oxygen atoms in total. The molecule has 0 atom stereocenters. The highest BCUT2D eigenvalue weighted by molar-refractivity contribution is 7.98. The van der Waals surface area contributed by atoms with Crippen LogP contribution in [0.4, 0.5) is 0 Å². The smallest absolute Gasteiger partial charge is 0.424 e. The largest absolute Gasteiger partial charge is 0.506 e. The zero-order chi connectivity index (χ0) is 19.7. The summed E-state index contributed by atoms with van der Waals surface area (Å²) in [4.78, 5) is 13.9. The number of phenolic OH excluding ortho intramolecular Hbond substituents is 1. The molecule has 0 fully saturated rings. The van der Waals surface area contributed by atoms with Crippen LogP contribution in [-0.4, -0.2) is 15.9 Å². The zero-order valence-electron chi connectivity index (χ0n) is 14.9. The van der Waals surface area contributed by atoms with Gasteiger partial charge in [-0.25, -0.2) is 9.36 Å². The van der Waals surface area contributed by atoms with Gasteiger partial charge in [0.2, 0.25) is 0 Å². The van der Waals surface area contributed by atoms with Gasteiger partial charge >= 0.3 is 5.76 Å². The van der Waals surface area contributed by atoms with Crippen LogP contribution in [0.5, 0.6) is 5.75 Å². The van der Waals surface area contributed by atoms with E-state index in [9.17, 15) is 9.90 Å². The minimum atomic E-state index is -0.597. The summed E-state index contributed by atoms with van der Waals surface area (Å²) in [5, 5.41) is 10.8. The first-order chi connectivity index (χ1) is 13.6. The molecule has 6 heteroatoms. The first-order valence-electron chi connectivity index (χ1n) is 8.53. The Morgan fingerprint density at radius 1 is 0.964 bits per heavy atom. The van der Waals surface area contributed by atoms with Crippen molar-refractivity contribution in [1.82, 2.24) is 4.57 Å². The molecule has 0 aliphatic rings. The average molecular weight is 410 g/mol. The molecular formula is C22H16ClNO3S. The minimum Gasteiger partial charge on any atom is -0.506 e. The number of nitrogens with zero attached hydrogens (tertiary/aromatic N) is 1. The van der Waals surface area contributed by atoms with Gasteiger partial charge in [0.15, 0.2) is 5.76 Å². The molecule has 140 valence electrons. The van der Waals surface area contributed by atoms with Gasteiger partial charge < -0.3 is 9.52 Å². The zero-order valence-corrected chi connectivity index (χ0v) is 16.5. The van der Waals surface area contributed by atoms with Crippen LogP contribution in [0.2, 0.25) is 5.02 Å². The lowest BCUT2D eigenvalue weighted by Crippen LogP contribution is -2.13. The Balaban J connectivity index is 2.04. The Hall–Kier alpha value is -2.89. The average Bonchev–Trinajstić information content (AvgIpc) is 3.07. The van der Waals surface area contributed by atoms with Gasteiger partial charge in [-0.2, -0.15) is 0 Å². The maximum Gasteiger partial charge on any atom is 0.424 e. The van der Waals surface area contributed by atoms with Crippen molar-refractivity contribution in [2.75, 3.05) is 6.26 Å². The van der Waals surface area contributed by atoms with E-state index in [4.69, 9.17) is 16.0 Å². The number of benzene rings is 3. The van der Waals surface area contributed by atoms with E-state index in [1.165, 1.54) is 10.6 Å². The van der Waals surface area contributed by atoms with E-state index in [0.29, 0.717) is 16.5 Å². The molecule has 3 aromatic carbocycles. The van der Waals surface area contributed by atoms with Crippen LogP contribution in [0.25, 0.3) is 28.3 Å². The number of halogens is 1. The summed E-state index contributed by atoms with van der Waals surface area (Å²) in [6, 6.07) is 21.8. The topological polar surface area (TPSA) is 55.4 Å². The summed E-state index contributed by atoms with van der Waals surface area (Å²) in [5.74, 6) is -0.226. The minimum absolute atomic E-state index is 0.0612. The summed E-state index contributed by atoms with van der Waals surface area (Å²) >= 11 is 7.75. The standard InChI is InChI=1S/C22H16ClNO3S/c1-28-17-10-7-14(8-11-17)20-21(15-5-3-2-4-6-15)27-22(26)24(20)18-13-16(23)9-12-19(18)25/h2-13,25H,1H3. The van der Waals surface area contributed by atoms with Crippen molar-refractivity contribution in [3.05, 3.63) is 88.4 Å². The second-order valence-corrected chi connectivity index (χ2v) is 7.42. The predicted molar refractivity (Wildman–Crippen MR) is 114 cm³/mol. The van der Waals surface area contributed by atoms with E-state index in [2.05, 4.69) is 0 Å². The molecule has 1 aromatic heterocycles. The van der Waals surface area contributed by atoms with Crippen LogP contribution in [0.3, 0.4) is 0 Å². The SMILES string of the molecule is CSc1ccc(-c2c(-c3ccccc3)oc(=O)n2-c2cc(Cl)ccc2O)cc1. The van der Waals surface area contributed by atoms with Gasteiger partial charge in [0.25, 0.3) is 0 Å². The summed E-state index contributed by atoms with van der Waals surface area (Å²) < 4.78 is 7.00. The van der Waals surface area contributed by atoms with Gasteiger partial charge in [-0.1, -0.05) is 54.1 Å². The van der Waals surface area contributed by atoms with Crippen LogP contribution in [0, 0.1) is 0 Å². The second kappa shape index (κ2) is 7.62. The molecule has 1 N–H and O–H groups in total. The summed E-state index contributed by atoms with van der Waals surface area (Å²) in [5.41, 5.74) is 2.39. The van der Waals surface area contributed by atoms with E-state index in [-0.39, 0.29) is 11.4 Å². The van der Waals surface area contributed by atoms with Crippen LogP contribution < -0.4 is 5.76 Å². The van der Waals surface area contributed by atoms with Crippen LogP contribution in [0.1, 0.15) is 0 Å². The molecule has 0 radical (unpaired) electrons. The first kappa shape index (κ1) is 18.5. The van der Waals surface area contributed by atoms with Crippen molar-refractivity contribution in [3.8, 4) is 34.0 Å². The van der Waals surface area contributed by atoms with E-state index in [1.807, 2.05) is 60.9 Å². The lowest BCUT2D eigenvalue weighted by molar-refractivity contribution is 0.466. The number of aromatic nitrogens is 1. The van der Waals surface area contributed by atoms with E-state index < -0.39 is 5.76 Å². The molecule has 1 heterocycles. The second-order valence-electron chi connectivity index (χ2n) is 6.11. The highest BCUT2D eigenvalue weighted by atomic mass is 35.5. The number of phenols is 1. The van der Waals surface area contributed by atoms with E-state index in [0.717, 1.165) is 16.0 Å². The Morgan fingerprint density at radius 2 is 1.68 bits per heavy atom. The van der Waals surface area contributed by atoms with E-state index >= 15 is 0 Å². The van der Waals surface area contributed by atoms with Crippen molar-refractivity contribution < 1.29 is 9.52 Å². The lowest BCUT2D eigenvalue weighted by atomic mass is 10.1. The van der Waals surface area contributed by atoms with Gasteiger partial charge in [-0.15, -0.1) is 11.8 Å². The third kappa shape index (κ3) is 3.35. The van der Waals surface area contributed by atoms with Gasteiger partial charge in [-0.05, 0) is 36.6 Å². The number of hydrogen-bond acceptors (Lipinski definition) is 4. The van der Waals surface area contributed by atoms with Crippen molar-refractivity contribution in [2.45, 2.75) is 4.90 Å². The molecule has 0 saturated carbocycles. The molecule has 4 aromatic rings. The van der Waals surface area contributed by atoms with Crippen molar-refractivity contribution in [3.63, 3.8) is 0 Å². The van der Waals surface area contributed by atoms with Crippen molar-refractivity contribution in [2.24, 2.45) is 0 Å². The fourth-order valence-electron chi connectivity index (χ4n) is 3.06. The molecule has 0 spiro atoms. The Kier molecular flexibility index (Phi) is 5.03. The van der Waals surface area contributed by atoms with Crippen LogP contribution in [-0.2, 0) is 0 Å². The van der Waals surface area contributed by atoms with Gasteiger partial charge in [0.1, 0.15) is 11.4 Å². The molecule has 0 aliphatic heterocycles. The number of oxazole rings is 1. The fraction of sp³-hybridized carbons (Fsp3) is 0.0455. The summed E-state index contributed by atoms with van der Waals surface area (Å²) in [6.45, 7) is 0. The van der Waals surface area contributed by atoms with Crippen LogP contribution in [0.15, 0.2) is 86.9 Å². The molecule has 0 aliphatic carbocycles. The lowest BCUT2D eigenvalue weighted by Gasteiger charge is -2.11. The maximum atomic E-state index is 12.8. The molecule has 0 amide bonds. The highest BCUT2D eigenvalue weighted by Gasteiger charge is 2.23. The number of hydrogen-bond donors (Lipinski definition) is 1. The molecule has 0 unspecified atom stereocenters. The third-order valence-electron chi connectivity index (χ3n) is 4.39. The summed E-state index contributed by atoms with van der Waals surface area (Å²) in [6.07, 6.45) is 2.00. The van der Waals surface area contributed by atoms with Gasteiger partial charge in [-0.3, -0.25) is 0 Å². The normalized spacial score (nSPS) is 10.9. The summed E-state index contributed by atoms with van der Waals surface area (Å²) in [7, 11) is 0. The Bertz CT molecular complexity index is 1180. The van der Waals surface area contributed by atoms with E-state index in [1.54, 1.807) is 23.9 Å². The predicted octanol–water partition coefficient (Wildman–Crippen LogP) is 5.85. The van der Waals surface area contributed by atoms with Crippen molar-refractivity contribution >= 4 is 23.4 Å². The van der Waals surface area contributed by atoms with Crippen LogP contribution >= 0.6 is 23.4 Å². The Morgan fingerprint density at radius 3 is 2.36 bits per heavy atom. The molecular weight excluding hydrogens is 394 g/mol. The fourth-order valence-corrected chi connectivity index (χ4v) is 3.64. The number of thioether (sulfide) groups is 1. The first-order valence-corrected chi connectivity index (χ1v) is 10.1. The number of rotatable bonds is 4. The monoisotopic (exact) mass is 409 g/mol. The maximum absolute atomic E-state index is 12.8. The molecule has 4 rings (SSSR count). The highest BCUT2D eigenvalue weighted by Crippen LogP contribution is 2.36. The van der Waals surface area contributed by atoms with Gasteiger partial charge in [0, 0.05) is 21.0 Å². The molecule has 28 heavy (non-hydrogen) atoms.